The van der Waals surface area contributed by atoms with Crippen LogP contribution in [0.2, 0.25) is 0 Å². The Bertz CT molecular complexity index is 408. The predicted molar refractivity (Wildman–Crippen MR) is 57.2 cm³/mol. The number of hydrogen-bond donors (Lipinski definition) is 1. The van der Waals surface area contributed by atoms with E-state index in [1.54, 1.807) is 12.1 Å². The molecule has 0 unspecified atom stereocenters. The molecule has 1 rings (SSSR count). The van der Waals surface area contributed by atoms with E-state index in [2.05, 4.69) is 0 Å². The van der Waals surface area contributed by atoms with Crippen molar-refractivity contribution in [2.24, 2.45) is 0 Å². The Morgan fingerprint density at radius 2 is 1.81 bits per heavy atom. The first-order valence-corrected chi connectivity index (χ1v) is 4.94. The van der Waals surface area contributed by atoms with Gasteiger partial charge in [0.1, 0.15) is 0 Å². The second-order valence-corrected chi connectivity index (χ2v) is 3.38. The second kappa shape index (κ2) is 5.39. The Morgan fingerprint density at radius 1 is 1.25 bits per heavy atom. The number of carboxylic acid groups (broad SMARTS) is 1. The third-order valence-corrected chi connectivity index (χ3v) is 2.13. The molecule has 0 radical (unpaired) electrons. The Kier molecular flexibility index (Phi) is 4.17. The summed E-state index contributed by atoms with van der Waals surface area (Å²) in [5, 5.41) is 8.28. The predicted octanol–water partition coefficient (Wildman–Crippen LogP) is 3.33. The molecule has 2 nitrogen and oxygen atoms in total. The Balaban J connectivity index is 2.98. The van der Waals surface area contributed by atoms with Gasteiger partial charge >= 0.3 is 5.97 Å². The summed E-state index contributed by atoms with van der Waals surface area (Å²) in [5.41, 5.74) is 0.953. The van der Waals surface area contributed by atoms with E-state index in [1.807, 2.05) is 6.92 Å². The lowest BCUT2D eigenvalue weighted by atomic mass is 10.1. The number of benzene rings is 1. The maximum absolute atomic E-state index is 13.2. The molecule has 0 aliphatic rings. The van der Waals surface area contributed by atoms with Crippen molar-refractivity contribution in [3.05, 3.63) is 41.2 Å². The molecule has 4 heteroatoms. The standard InChI is InChI=1S/C12H12F2O2/c1-2-3-8-4-6-9(7-5-8)10(13)11(14)12(15)16/h4-7H,2-3H2,1H3,(H,15,16)/b11-10-. The summed E-state index contributed by atoms with van der Waals surface area (Å²) in [5.74, 6) is -4.99. The highest BCUT2D eigenvalue weighted by Gasteiger charge is 2.15. The minimum atomic E-state index is -1.89. The van der Waals surface area contributed by atoms with Crippen LogP contribution in [0.15, 0.2) is 30.1 Å². The van der Waals surface area contributed by atoms with Gasteiger partial charge in [0.05, 0.1) is 0 Å². The van der Waals surface area contributed by atoms with Crippen molar-refractivity contribution in [3.8, 4) is 0 Å². The summed E-state index contributed by atoms with van der Waals surface area (Å²) < 4.78 is 26.0. The molecule has 0 amide bonds. The molecular weight excluding hydrogens is 214 g/mol. The van der Waals surface area contributed by atoms with E-state index < -0.39 is 17.6 Å². The molecule has 0 saturated heterocycles. The van der Waals surface area contributed by atoms with Crippen LogP contribution >= 0.6 is 0 Å². The van der Waals surface area contributed by atoms with Crippen molar-refractivity contribution in [2.75, 3.05) is 0 Å². The van der Waals surface area contributed by atoms with Crippen molar-refractivity contribution in [1.82, 2.24) is 0 Å². The first kappa shape index (κ1) is 12.4. The van der Waals surface area contributed by atoms with Crippen molar-refractivity contribution in [1.29, 1.82) is 0 Å². The monoisotopic (exact) mass is 226 g/mol. The van der Waals surface area contributed by atoms with E-state index in [0.29, 0.717) is 0 Å². The topological polar surface area (TPSA) is 37.3 Å². The van der Waals surface area contributed by atoms with Crippen LogP contribution in [0, 0.1) is 0 Å². The zero-order valence-corrected chi connectivity index (χ0v) is 8.84. The van der Waals surface area contributed by atoms with Crippen LogP contribution in [0.3, 0.4) is 0 Å². The van der Waals surface area contributed by atoms with Gasteiger partial charge < -0.3 is 5.11 Å². The fourth-order valence-electron chi connectivity index (χ4n) is 1.33. The number of aryl methyl sites for hydroxylation is 1. The molecule has 16 heavy (non-hydrogen) atoms. The molecule has 0 fully saturated rings. The zero-order valence-electron chi connectivity index (χ0n) is 8.84. The van der Waals surface area contributed by atoms with E-state index in [1.165, 1.54) is 12.1 Å². The molecule has 0 spiro atoms. The van der Waals surface area contributed by atoms with Crippen molar-refractivity contribution >= 4 is 11.8 Å². The fraction of sp³-hybridized carbons (Fsp3) is 0.250. The molecule has 0 aromatic heterocycles. The highest BCUT2D eigenvalue weighted by molar-refractivity contribution is 5.92. The zero-order chi connectivity index (χ0) is 12.1. The van der Waals surface area contributed by atoms with E-state index in [0.717, 1.165) is 18.4 Å². The minimum Gasteiger partial charge on any atom is -0.476 e. The molecule has 1 N–H and O–H groups in total. The van der Waals surface area contributed by atoms with Gasteiger partial charge in [-0.1, -0.05) is 37.6 Å². The summed E-state index contributed by atoms with van der Waals surface area (Å²) in [4.78, 5) is 10.2. The highest BCUT2D eigenvalue weighted by atomic mass is 19.2. The van der Waals surface area contributed by atoms with Crippen molar-refractivity contribution < 1.29 is 18.7 Å². The minimum absolute atomic E-state index is 0.0558. The number of carbonyl (C=O) groups is 1. The van der Waals surface area contributed by atoms with Crippen LogP contribution in [0.5, 0.6) is 0 Å². The van der Waals surface area contributed by atoms with Crippen LogP contribution in [0.25, 0.3) is 5.83 Å². The molecule has 0 aliphatic heterocycles. The Hall–Kier alpha value is -1.71. The summed E-state index contributed by atoms with van der Waals surface area (Å²) in [6, 6.07) is 6.08. The normalized spacial score (nSPS) is 12.2. The van der Waals surface area contributed by atoms with Crippen LogP contribution in [0.1, 0.15) is 24.5 Å². The smallest absolute Gasteiger partial charge is 0.367 e. The largest absolute Gasteiger partial charge is 0.476 e. The summed E-state index contributed by atoms with van der Waals surface area (Å²) in [6.07, 6.45) is 1.81. The molecule has 0 bridgehead atoms. The lowest BCUT2D eigenvalue weighted by Crippen LogP contribution is -1.97. The molecule has 0 atom stereocenters. The molecular formula is C12H12F2O2. The molecule has 0 saturated carbocycles. The number of halogens is 2. The summed E-state index contributed by atoms with van der Waals surface area (Å²) in [7, 11) is 0. The van der Waals surface area contributed by atoms with Gasteiger partial charge in [-0.05, 0) is 12.0 Å². The van der Waals surface area contributed by atoms with Crippen LogP contribution < -0.4 is 0 Å². The number of hydrogen-bond acceptors (Lipinski definition) is 1. The molecule has 1 aromatic rings. The van der Waals surface area contributed by atoms with Gasteiger partial charge in [-0.3, -0.25) is 0 Å². The van der Waals surface area contributed by atoms with E-state index in [9.17, 15) is 13.6 Å². The molecule has 0 heterocycles. The maximum atomic E-state index is 13.2. The number of carboxylic acids is 1. The molecule has 86 valence electrons. The maximum Gasteiger partial charge on any atom is 0.367 e. The SMILES string of the molecule is CCCc1ccc(/C(F)=C(/F)C(=O)O)cc1. The average Bonchev–Trinajstić information content (AvgIpc) is 2.28. The van der Waals surface area contributed by atoms with Gasteiger partial charge in [-0.2, -0.15) is 4.39 Å². The van der Waals surface area contributed by atoms with Crippen LogP contribution in [-0.2, 0) is 11.2 Å². The third-order valence-electron chi connectivity index (χ3n) is 2.13. The highest BCUT2D eigenvalue weighted by Crippen LogP contribution is 2.22. The Morgan fingerprint density at radius 3 is 2.25 bits per heavy atom. The van der Waals surface area contributed by atoms with E-state index in [-0.39, 0.29) is 5.56 Å². The summed E-state index contributed by atoms with van der Waals surface area (Å²) in [6.45, 7) is 2.01. The molecule has 0 aliphatic carbocycles. The second-order valence-electron chi connectivity index (χ2n) is 3.38. The molecule has 1 aromatic carbocycles. The third kappa shape index (κ3) is 2.89. The van der Waals surface area contributed by atoms with Gasteiger partial charge in [0.15, 0.2) is 5.83 Å². The van der Waals surface area contributed by atoms with E-state index >= 15 is 0 Å². The van der Waals surface area contributed by atoms with Crippen molar-refractivity contribution in [2.45, 2.75) is 19.8 Å². The lowest BCUT2D eigenvalue weighted by molar-refractivity contribution is -0.134. The van der Waals surface area contributed by atoms with Gasteiger partial charge in [0, 0.05) is 5.56 Å². The van der Waals surface area contributed by atoms with Gasteiger partial charge in [-0.25, -0.2) is 9.18 Å². The van der Waals surface area contributed by atoms with Gasteiger partial charge in [-0.15, -0.1) is 0 Å². The summed E-state index contributed by atoms with van der Waals surface area (Å²) >= 11 is 0. The first-order chi connectivity index (χ1) is 7.56. The van der Waals surface area contributed by atoms with Crippen molar-refractivity contribution in [3.63, 3.8) is 0 Å². The van der Waals surface area contributed by atoms with E-state index in [4.69, 9.17) is 5.11 Å². The average molecular weight is 226 g/mol. The number of rotatable bonds is 4. The first-order valence-electron chi connectivity index (χ1n) is 4.94. The Labute approximate surface area is 92.2 Å². The quantitative estimate of drug-likeness (QED) is 0.799. The lowest BCUT2D eigenvalue weighted by Gasteiger charge is -2.01. The van der Waals surface area contributed by atoms with Gasteiger partial charge in [0.2, 0.25) is 5.83 Å². The number of aliphatic carboxylic acids is 1. The van der Waals surface area contributed by atoms with Crippen LogP contribution in [-0.4, -0.2) is 11.1 Å². The van der Waals surface area contributed by atoms with Gasteiger partial charge in [0.25, 0.3) is 0 Å². The fourth-order valence-corrected chi connectivity index (χ4v) is 1.33. The van der Waals surface area contributed by atoms with Crippen LogP contribution in [0.4, 0.5) is 8.78 Å².